The molecule has 3 nitrogen and oxygen atoms in total. The zero-order valence-electron chi connectivity index (χ0n) is 11.2. The largest absolute Gasteiger partial charge is 0.397 e. The Bertz CT molecular complexity index is 577. The van der Waals surface area contributed by atoms with E-state index in [1.54, 1.807) is 11.3 Å². The number of benzene rings is 1. The fourth-order valence-corrected chi connectivity index (χ4v) is 3.56. The van der Waals surface area contributed by atoms with Crippen molar-refractivity contribution in [3.8, 4) is 0 Å². The van der Waals surface area contributed by atoms with E-state index in [2.05, 4.69) is 23.3 Å². The van der Waals surface area contributed by atoms with Gasteiger partial charge in [-0.3, -0.25) is 0 Å². The Morgan fingerprint density at radius 2 is 2.32 bits per heavy atom. The second kappa shape index (κ2) is 5.21. The Kier molecular flexibility index (Phi) is 3.42. The van der Waals surface area contributed by atoms with Gasteiger partial charge >= 0.3 is 0 Å². The third kappa shape index (κ3) is 2.45. The average Bonchev–Trinajstić information content (AvgIpc) is 2.99. The minimum Gasteiger partial charge on any atom is -0.397 e. The summed E-state index contributed by atoms with van der Waals surface area (Å²) in [5.74, 6) is 0. The molecule has 0 atom stereocenters. The van der Waals surface area contributed by atoms with Crippen molar-refractivity contribution in [3.05, 3.63) is 39.8 Å². The van der Waals surface area contributed by atoms with Crippen LogP contribution in [0.1, 0.15) is 29.6 Å². The van der Waals surface area contributed by atoms with E-state index in [-0.39, 0.29) is 0 Å². The average molecular weight is 273 g/mol. The molecule has 100 valence electrons. The first-order chi connectivity index (χ1) is 9.28. The quantitative estimate of drug-likeness (QED) is 0.870. The minimum atomic E-state index is 0.876. The molecule has 0 bridgehead atoms. The molecular weight excluding hydrogens is 254 g/mol. The summed E-state index contributed by atoms with van der Waals surface area (Å²) < 4.78 is 0. The number of anilines is 2. The van der Waals surface area contributed by atoms with E-state index < -0.39 is 0 Å². The molecule has 4 heteroatoms. The molecule has 3 rings (SSSR count). The van der Waals surface area contributed by atoms with E-state index in [1.807, 2.05) is 12.1 Å². The van der Waals surface area contributed by atoms with Crippen LogP contribution in [0.4, 0.5) is 11.4 Å². The molecule has 1 aliphatic rings. The standard InChI is InChI=1S/C15H19N3S/c1-2-4-14-17-12(10-19-14)9-18-8-7-11-5-3-6-13(16)15(11)18/h3,5-6,10H,2,4,7-9,16H2,1H3. The third-order valence-electron chi connectivity index (χ3n) is 3.53. The first-order valence-electron chi connectivity index (χ1n) is 6.83. The van der Waals surface area contributed by atoms with Crippen molar-refractivity contribution < 1.29 is 0 Å². The van der Waals surface area contributed by atoms with E-state index in [0.717, 1.165) is 38.0 Å². The normalized spacial score (nSPS) is 13.8. The summed E-state index contributed by atoms with van der Waals surface area (Å²) in [5.41, 5.74) is 10.7. The molecule has 0 aliphatic carbocycles. The van der Waals surface area contributed by atoms with Crippen LogP contribution in [-0.2, 0) is 19.4 Å². The summed E-state index contributed by atoms with van der Waals surface area (Å²) in [6, 6.07) is 6.20. The van der Waals surface area contributed by atoms with Gasteiger partial charge in [-0.05, 0) is 30.9 Å². The topological polar surface area (TPSA) is 42.2 Å². The number of nitrogens with zero attached hydrogens (tertiary/aromatic N) is 2. The second-order valence-corrected chi connectivity index (χ2v) is 5.95. The lowest BCUT2D eigenvalue weighted by Crippen LogP contribution is -2.20. The van der Waals surface area contributed by atoms with E-state index in [0.29, 0.717) is 0 Å². The Morgan fingerprint density at radius 3 is 3.16 bits per heavy atom. The van der Waals surface area contributed by atoms with Crippen molar-refractivity contribution in [2.45, 2.75) is 32.7 Å². The molecule has 2 aromatic rings. The zero-order chi connectivity index (χ0) is 13.2. The molecular formula is C15H19N3S. The molecule has 0 fully saturated rings. The smallest absolute Gasteiger partial charge is 0.0928 e. The van der Waals surface area contributed by atoms with Crippen molar-refractivity contribution in [1.82, 2.24) is 4.98 Å². The van der Waals surface area contributed by atoms with Gasteiger partial charge in [-0.1, -0.05) is 19.1 Å². The lowest BCUT2D eigenvalue weighted by Gasteiger charge is -2.19. The Hall–Kier alpha value is -1.55. The first-order valence-corrected chi connectivity index (χ1v) is 7.71. The van der Waals surface area contributed by atoms with Gasteiger partial charge in [0.25, 0.3) is 0 Å². The molecule has 19 heavy (non-hydrogen) atoms. The number of hydrogen-bond donors (Lipinski definition) is 1. The highest BCUT2D eigenvalue weighted by molar-refractivity contribution is 7.09. The third-order valence-corrected chi connectivity index (χ3v) is 4.49. The molecule has 1 aromatic carbocycles. The number of fused-ring (bicyclic) bond motifs is 1. The van der Waals surface area contributed by atoms with Crippen LogP contribution in [0.25, 0.3) is 0 Å². The van der Waals surface area contributed by atoms with Crippen LogP contribution in [0.5, 0.6) is 0 Å². The summed E-state index contributed by atoms with van der Waals surface area (Å²) in [5, 5.41) is 3.43. The molecule has 0 saturated heterocycles. The van der Waals surface area contributed by atoms with Crippen molar-refractivity contribution in [2.75, 3.05) is 17.2 Å². The highest BCUT2D eigenvalue weighted by Crippen LogP contribution is 2.34. The fourth-order valence-electron chi connectivity index (χ4n) is 2.67. The summed E-state index contributed by atoms with van der Waals surface area (Å²) in [6.07, 6.45) is 3.34. The fraction of sp³-hybridized carbons (Fsp3) is 0.400. The summed E-state index contributed by atoms with van der Waals surface area (Å²) in [4.78, 5) is 7.06. The number of aryl methyl sites for hydroxylation is 1. The van der Waals surface area contributed by atoms with Crippen molar-refractivity contribution in [3.63, 3.8) is 0 Å². The minimum absolute atomic E-state index is 0.876. The predicted molar refractivity (Wildman–Crippen MR) is 81.7 cm³/mol. The van der Waals surface area contributed by atoms with E-state index in [9.17, 15) is 0 Å². The van der Waals surface area contributed by atoms with Crippen LogP contribution >= 0.6 is 11.3 Å². The number of aromatic nitrogens is 1. The molecule has 2 N–H and O–H groups in total. The van der Waals surface area contributed by atoms with Gasteiger partial charge in [-0.2, -0.15) is 0 Å². The van der Waals surface area contributed by atoms with Crippen LogP contribution in [0.15, 0.2) is 23.6 Å². The lowest BCUT2D eigenvalue weighted by molar-refractivity contribution is 0.810. The van der Waals surface area contributed by atoms with Gasteiger partial charge in [0.05, 0.1) is 28.6 Å². The van der Waals surface area contributed by atoms with E-state index in [1.165, 1.54) is 22.0 Å². The van der Waals surface area contributed by atoms with Crippen LogP contribution in [0.3, 0.4) is 0 Å². The zero-order valence-corrected chi connectivity index (χ0v) is 12.0. The number of nitrogens with two attached hydrogens (primary N) is 1. The Morgan fingerprint density at radius 1 is 1.42 bits per heavy atom. The van der Waals surface area contributed by atoms with Crippen molar-refractivity contribution in [2.24, 2.45) is 0 Å². The summed E-state index contributed by atoms with van der Waals surface area (Å²) in [6.45, 7) is 4.12. The molecule has 0 radical (unpaired) electrons. The highest BCUT2D eigenvalue weighted by atomic mass is 32.1. The van der Waals surface area contributed by atoms with Gasteiger partial charge < -0.3 is 10.6 Å². The maximum Gasteiger partial charge on any atom is 0.0928 e. The van der Waals surface area contributed by atoms with Crippen LogP contribution < -0.4 is 10.6 Å². The molecule has 2 heterocycles. The van der Waals surface area contributed by atoms with Gasteiger partial charge in [0.1, 0.15) is 0 Å². The van der Waals surface area contributed by atoms with Gasteiger partial charge in [-0.15, -0.1) is 11.3 Å². The number of thiazole rings is 1. The first kappa shape index (κ1) is 12.5. The number of hydrogen-bond acceptors (Lipinski definition) is 4. The second-order valence-electron chi connectivity index (χ2n) is 5.01. The Balaban J connectivity index is 1.78. The van der Waals surface area contributed by atoms with Gasteiger partial charge in [0, 0.05) is 11.9 Å². The molecule has 1 aliphatic heterocycles. The maximum atomic E-state index is 6.11. The molecule has 1 aromatic heterocycles. The van der Waals surface area contributed by atoms with Crippen LogP contribution in [0, 0.1) is 0 Å². The molecule has 0 unspecified atom stereocenters. The van der Waals surface area contributed by atoms with E-state index in [4.69, 9.17) is 10.7 Å². The Labute approximate surface area is 118 Å². The van der Waals surface area contributed by atoms with E-state index >= 15 is 0 Å². The van der Waals surface area contributed by atoms with Crippen molar-refractivity contribution in [1.29, 1.82) is 0 Å². The molecule has 0 spiro atoms. The number of nitrogen functional groups attached to an aromatic ring is 1. The lowest BCUT2D eigenvalue weighted by atomic mass is 10.1. The van der Waals surface area contributed by atoms with Gasteiger partial charge in [0.2, 0.25) is 0 Å². The summed E-state index contributed by atoms with van der Waals surface area (Å²) >= 11 is 1.77. The van der Waals surface area contributed by atoms with Crippen LogP contribution in [-0.4, -0.2) is 11.5 Å². The highest BCUT2D eigenvalue weighted by Gasteiger charge is 2.21. The monoisotopic (exact) mass is 273 g/mol. The van der Waals surface area contributed by atoms with Crippen LogP contribution in [0.2, 0.25) is 0 Å². The molecule has 0 saturated carbocycles. The molecule has 0 amide bonds. The van der Waals surface area contributed by atoms with Gasteiger partial charge in [-0.25, -0.2) is 4.98 Å². The number of para-hydroxylation sites is 1. The maximum absolute atomic E-state index is 6.11. The van der Waals surface area contributed by atoms with Crippen molar-refractivity contribution >= 4 is 22.7 Å². The van der Waals surface area contributed by atoms with Gasteiger partial charge in [0.15, 0.2) is 0 Å². The SMILES string of the molecule is CCCc1nc(CN2CCc3cccc(N)c32)cs1. The predicted octanol–water partition coefficient (Wildman–Crippen LogP) is 3.24. The summed E-state index contributed by atoms with van der Waals surface area (Å²) in [7, 11) is 0. The number of rotatable bonds is 4.